The van der Waals surface area contributed by atoms with Crippen LogP contribution < -0.4 is 0 Å². The van der Waals surface area contributed by atoms with Gasteiger partial charge in [-0.1, -0.05) is 78.1 Å². The largest absolute Gasteiger partial charge is 0.481 e. The van der Waals surface area contributed by atoms with E-state index >= 15 is 0 Å². The highest BCUT2D eigenvalue weighted by Crippen LogP contribution is 2.31. The van der Waals surface area contributed by atoms with E-state index in [1.54, 1.807) is 6.92 Å². The highest BCUT2D eigenvalue weighted by Gasteiger charge is 2.45. The Bertz CT molecular complexity index is 353. The lowest BCUT2D eigenvalue weighted by molar-refractivity contribution is -0.144. The van der Waals surface area contributed by atoms with E-state index in [2.05, 4.69) is 6.92 Å². The number of hydrogen-bond acceptors (Lipinski definition) is 3. The lowest BCUT2D eigenvalue weighted by atomic mass is 9.89. The third-order valence-corrected chi connectivity index (χ3v) is 4.96. The Morgan fingerprint density at radius 3 is 1.91 bits per heavy atom. The molecule has 0 radical (unpaired) electrons. The summed E-state index contributed by atoms with van der Waals surface area (Å²) in [6, 6.07) is 0. The molecule has 3 unspecified atom stereocenters. The normalized spacial score (nSPS) is 23.9. The summed E-state index contributed by atoms with van der Waals surface area (Å²) in [6.07, 6.45) is 14.2. The maximum Gasteiger partial charge on any atom is 0.311 e. The zero-order chi connectivity index (χ0) is 17.1. The van der Waals surface area contributed by atoms with E-state index < -0.39 is 23.9 Å². The highest BCUT2D eigenvalue weighted by molar-refractivity contribution is 5.84. The summed E-state index contributed by atoms with van der Waals surface area (Å²) in [4.78, 5) is 22.8. The fraction of sp³-hybridized carbons (Fsp3) is 0.895. The van der Waals surface area contributed by atoms with Gasteiger partial charge in [-0.2, -0.15) is 0 Å². The SMILES string of the molecule is CCCCCCCCCCCCCC1OC(=O)C(C)C1C(=O)O. The van der Waals surface area contributed by atoms with Gasteiger partial charge in [-0.25, -0.2) is 0 Å². The van der Waals surface area contributed by atoms with Crippen molar-refractivity contribution in [3.8, 4) is 0 Å². The van der Waals surface area contributed by atoms with E-state index in [4.69, 9.17) is 4.74 Å². The zero-order valence-electron chi connectivity index (χ0n) is 14.9. The summed E-state index contributed by atoms with van der Waals surface area (Å²) in [6.45, 7) is 3.90. The number of cyclic esters (lactones) is 1. The molecule has 3 atom stereocenters. The molecule has 0 spiro atoms. The van der Waals surface area contributed by atoms with Crippen LogP contribution in [0.25, 0.3) is 0 Å². The van der Waals surface area contributed by atoms with Gasteiger partial charge in [-0.05, 0) is 12.8 Å². The van der Waals surface area contributed by atoms with Crippen molar-refractivity contribution >= 4 is 11.9 Å². The fourth-order valence-corrected chi connectivity index (χ4v) is 3.42. The average molecular weight is 326 g/mol. The first-order valence-corrected chi connectivity index (χ1v) is 9.51. The molecule has 134 valence electrons. The molecule has 1 aliphatic heterocycles. The second kappa shape index (κ2) is 11.5. The Hall–Kier alpha value is -1.06. The molecule has 1 saturated heterocycles. The number of rotatable bonds is 13. The molecule has 1 N–H and O–H groups in total. The Labute approximate surface area is 141 Å². The molecule has 1 aliphatic rings. The minimum Gasteiger partial charge on any atom is -0.481 e. The molecule has 0 bridgehead atoms. The van der Waals surface area contributed by atoms with Gasteiger partial charge in [0.05, 0.1) is 5.92 Å². The number of aliphatic carboxylic acids is 1. The van der Waals surface area contributed by atoms with Gasteiger partial charge >= 0.3 is 11.9 Å². The van der Waals surface area contributed by atoms with Gasteiger partial charge in [0.25, 0.3) is 0 Å². The average Bonchev–Trinajstić information content (AvgIpc) is 2.79. The first kappa shape index (κ1) is 20.0. The maximum atomic E-state index is 11.5. The van der Waals surface area contributed by atoms with Crippen molar-refractivity contribution in [2.24, 2.45) is 11.8 Å². The molecule has 4 heteroatoms. The highest BCUT2D eigenvalue weighted by atomic mass is 16.6. The van der Waals surface area contributed by atoms with Crippen molar-refractivity contribution in [1.29, 1.82) is 0 Å². The molecule has 1 fully saturated rings. The lowest BCUT2D eigenvalue weighted by Crippen LogP contribution is -2.27. The maximum absolute atomic E-state index is 11.5. The standard InChI is InChI=1S/C19H34O4/c1-3-4-5-6-7-8-9-10-11-12-13-14-16-17(18(20)21)15(2)19(22)23-16/h15-17H,3-14H2,1-2H3,(H,20,21). The number of hydrogen-bond donors (Lipinski definition) is 1. The van der Waals surface area contributed by atoms with E-state index in [1.807, 2.05) is 0 Å². The van der Waals surface area contributed by atoms with Crippen molar-refractivity contribution in [2.45, 2.75) is 97.0 Å². The predicted molar refractivity (Wildman–Crippen MR) is 91.2 cm³/mol. The molecular formula is C19H34O4. The van der Waals surface area contributed by atoms with E-state index in [0.717, 1.165) is 12.8 Å². The Balaban J connectivity index is 2.00. The summed E-state index contributed by atoms with van der Waals surface area (Å²) < 4.78 is 5.22. The van der Waals surface area contributed by atoms with Crippen LogP contribution in [0.1, 0.15) is 90.9 Å². The summed E-state index contributed by atoms with van der Waals surface area (Å²) >= 11 is 0. The van der Waals surface area contributed by atoms with Crippen LogP contribution in [0.15, 0.2) is 0 Å². The molecule has 0 amide bonds. The second-order valence-corrected chi connectivity index (χ2v) is 6.95. The van der Waals surface area contributed by atoms with Crippen molar-refractivity contribution in [1.82, 2.24) is 0 Å². The summed E-state index contributed by atoms with van der Waals surface area (Å²) in [5.74, 6) is -2.43. The molecule has 1 rings (SSSR count). The second-order valence-electron chi connectivity index (χ2n) is 6.95. The van der Waals surface area contributed by atoms with Gasteiger partial charge < -0.3 is 9.84 Å². The van der Waals surface area contributed by atoms with Gasteiger partial charge in [-0.15, -0.1) is 0 Å². The number of carboxylic acids is 1. The Kier molecular flexibility index (Phi) is 9.97. The van der Waals surface area contributed by atoms with E-state index in [9.17, 15) is 14.7 Å². The van der Waals surface area contributed by atoms with Crippen molar-refractivity contribution in [3.63, 3.8) is 0 Å². The third kappa shape index (κ3) is 7.36. The van der Waals surface area contributed by atoms with Crippen molar-refractivity contribution in [2.75, 3.05) is 0 Å². The minimum absolute atomic E-state index is 0.356. The monoisotopic (exact) mass is 326 g/mol. The van der Waals surface area contributed by atoms with Crippen LogP contribution in [0.4, 0.5) is 0 Å². The van der Waals surface area contributed by atoms with Crippen molar-refractivity contribution in [3.05, 3.63) is 0 Å². The summed E-state index contributed by atoms with van der Waals surface area (Å²) in [7, 11) is 0. The first-order valence-electron chi connectivity index (χ1n) is 9.51. The van der Waals surface area contributed by atoms with E-state index in [0.29, 0.717) is 6.42 Å². The van der Waals surface area contributed by atoms with Gasteiger partial charge in [0.2, 0.25) is 0 Å². The molecule has 0 saturated carbocycles. The van der Waals surface area contributed by atoms with Gasteiger partial charge in [-0.3, -0.25) is 9.59 Å². The molecule has 0 aliphatic carbocycles. The number of unbranched alkanes of at least 4 members (excludes halogenated alkanes) is 10. The smallest absolute Gasteiger partial charge is 0.311 e. The van der Waals surface area contributed by atoms with Gasteiger partial charge in [0.1, 0.15) is 12.0 Å². The van der Waals surface area contributed by atoms with Crippen LogP contribution in [0.2, 0.25) is 0 Å². The number of ether oxygens (including phenoxy) is 1. The molecule has 4 nitrogen and oxygen atoms in total. The van der Waals surface area contributed by atoms with Crippen molar-refractivity contribution < 1.29 is 19.4 Å². The van der Waals surface area contributed by atoms with Gasteiger partial charge in [0.15, 0.2) is 0 Å². The number of carbonyl (C=O) groups excluding carboxylic acids is 1. The number of carboxylic acid groups (broad SMARTS) is 1. The van der Waals surface area contributed by atoms with Crippen LogP contribution in [0.5, 0.6) is 0 Å². The number of esters is 1. The first-order chi connectivity index (χ1) is 11.1. The predicted octanol–water partition coefficient (Wildman–Crippen LogP) is 4.95. The molecule has 23 heavy (non-hydrogen) atoms. The topological polar surface area (TPSA) is 63.6 Å². The van der Waals surface area contributed by atoms with Crippen LogP contribution in [0.3, 0.4) is 0 Å². The fourth-order valence-electron chi connectivity index (χ4n) is 3.42. The summed E-state index contributed by atoms with van der Waals surface area (Å²) in [5.41, 5.74) is 0. The molecular weight excluding hydrogens is 292 g/mol. The molecule has 0 aromatic rings. The van der Waals surface area contributed by atoms with Crippen LogP contribution in [0, 0.1) is 11.8 Å². The zero-order valence-corrected chi connectivity index (χ0v) is 14.9. The Morgan fingerprint density at radius 1 is 0.957 bits per heavy atom. The molecule has 0 aromatic carbocycles. The van der Waals surface area contributed by atoms with E-state index in [1.165, 1.54) is 57.8 Å². The number of carbonyl (C=O) groups is 2. The Morgan fingerprint density at radius 2 is 1.43 bits per heavy atom. The third-order valence-electron chi connectivity index (χ3n) is 4.96. The lowest BCUT2D eigenvalue weighted by Gasteiger charge is -2.15. The summed E-state index contributed by atoms with van der Waals surface area (Å²) in [5, 5.41) is 9.22. The van der Waals surface area contributed by atoms with Gasteiger partial charge in [0, 0.05) is 0 Å². The van der Waals surface area contributed by atoms with Crippen LogP contribution in [-0.4, -0.2) is 23.1 Å². The van der Waals surface area contributed by atoms with Crippen LogP contribution >= 0.6 is 0 Å². The van der Waals surface area contributed by atoms with Crippen LogP contribution in [-0.2, 0) is 14.3 Å². The van der Waals surface area contributed by atoms with E-state index in [-0.39, 0.29) is 5.97 Å². The quantitative estimate of drug-likeness (QED) is 0.384. The molecule has 1 heterocycles. The molecule has 0 aromatic heterocycles. The minimum atomic E-state index is -0.906.